The molecule has 4 rings (SSSR count). The van der Waals surface area contributed by atoms with Gasteiger partial charge in [0.15, 0.2) is 5.13 Å². The maximum Gasteiger partial charge on any atom is 0.323 e. The van der Waals surface area contributed by atoms with Crippen LogP contribution in [-0.4, -0.2) is 101 Å². The summed E-state index contributed by atoms with van der Waals surface area (Å²) in [5.41, 5.74) is 2.02. The fraction of sp³-hybridized carbons (Fsp3) is 0.500. The van der Waals surface area contributed by atoms with Crippen molar-refractivity contribution >= 4 is 34.3 Å². The summed E-state index contributed by atoms with van der Waals surface area (Å²) in [6.07, 6.45) is 1.27. The van der Waals surface area contributed by atoms with Gasteiger partial charge in [0.1, 0.15) is 0 Å². The van der Waals surface area contributed by atoms with E-state index in [0.717, 1.165) is 39.1 Å². The summed E-state index contributed by atoms with van der Waals surface area (Å²) >= 11 is 1.33. The SMILES string of the molecule is CC(=O)N1CCN(C(=O)Nc2nc(CC(=O)N3CCN(CCc4ccccc4)CC3)cs2)CC1. The van der Waals surface area contributed by atoms with Crippen molar-refractivity contribution in [3.05, 3.63) is 47.0 Å². The lowest BCUT2D eigenvalue weighted by molar-refractivity contribution is -0.132. The predicted molar refractivity (Wildman–Crippen MR) is 132 cm³/mol. The Morgan fingerprint density at radius 3 is 2.24 bits per heavy atom. The largest absolute Gasteiger partial charge is 0.340 e. The van der Waals surface area contributed by atoms with Gasteiger partial charge in [-0.15, -0.1) is 11.3 Å². The molecular weight excluding hydrogens is 452 g/mol. The number of hydrogen-bond acceptors (Lipinski definition) is 6. The summed E-state index contributed by atoms with van der Waals surface area (Å²) in [6, 6.07) is 10.3. The van der Waals surface area contributed by atoms with E-state index in [1.165, 1.54) is 16.9 Å². The molecule has 2 aromatic rings. The van der Waals surface area contributed by atoms with Crippen LogP contribution in [0.4, 0.5) is 9.93 Å². The number of piperazine rings is 2. The summed E-state index contributed by atoms with van der Waals surface area (Å²) in [4.78, 5) is 48.9. The summed E-state index contributed by atoms with van der Waals surface area (Å²) in [5, 5.41) is 5.15. The molecule has 0 unspecified atom stereocenters. The first kappa shape index (κ1) is 24.2. The molecule has 0 spiro atoms. The molecule has 34 heavy (non-hydrogen) atoms. The van der Waals surface area contributed by atoms with Crippen LogP contribution in [0, 0.1) is 0 Å². The summed E-state index contributed by atoms with van der Waals surface area (Å²) in [5.74, 6) is 0.106. The second-order valence-electron chi connectivity index (χ2n) is 8.70. The van der Waals surface area contributed by atoms with Crippen molar-refractivity contribution in [1.82, 2.24) is 24.6 Å². The lowest BCUT2D eigenvalue weighted by Crippen LogP contribution is -2.51. The number of aromatic nitrogens is 1. The number of nitrogens with one attached hydrogen (secondary N) is 1. The highest BCUT2D eigenvalue weighted by Gasteiger charge is 2.24. The number of carbonyl (C=O) groups excluding carboxylic acids is 3. The van der Waals surface area contributed by atoms with E-state index in [0.29, 0.717) is 37.0 Å². The Labute approximate surface area is 204 Å². The fourth-order valence-electron chi connectivity index (χ4n) is 4.26. The third kappa shape index (κ3) is 6.54. The average Bonchev–Trinajstić information content (AvgIpc) is 3.30. The number of thiazole rings is 1. The Hall–Kier alpha value is -2.98. The topological polar surface area (TPSA) is 89.1 Å². The zero-order valence-electron chi connectivity index (χ0n) is 19.6. The molecule has 2 aliphatic rings. The van der Waals surface area contributed by atoms with E-state index in [1.54, 1.807) is 16.7 Å². The Morgan fingerprint density at radius 2 is 1.56 bits per heavy atom. The Balaban J connectivity index is 1.18. The Morgan fingerprint density at radius 1 is 0.912 bits per heavy atom. The normalized spacial score (nSPS) is 17.0. The minimum absolute atomic E-state index is 0.0305. The highest BCUT2D eigenvalue weighted by molar-refractivity contribution is 7.13. The van der Waals surface area contributed by atoms with Gasteiger partial charge in [0.25, 0.3) is 0 Å². The van der Waals surface area contributed by atoms with Crippen molar-refractivity contribution in [3.63, 3.8) is 0 Å². The van der Waals surface area contributed by atoms with Crippen LogP contribution >= 0.6 is 11.3 Å². The van der Waals surface area contributed by atoms with Gasteiger partial charge in [0, 0.05) is 71.2 Å². The average molecular weight is 485 g/mol. The number of nitrogens with zero attached hydrogens (tertiary/aromatic N) is 5. The van der Waals surface area contributed by atoms with Crippen molar-refractivity contribution in [2.45, 2.75) is 19.8 Å². The van der Waals surface area contributed by atoms with Crippen molar-refractivity contribution in [2.75, 3.05) is 64.2 Å². The number of rotatable bonds is 6. The maximum absolute atomic E-state index is 12.8. The second kappa shape index (κ2) is 11.4. The Bertz CT molecular complexity index is 982. The number of urea groups is 1. The standard InChI is InChI=1S/C24H32N6O3S/c1-19(31)28-13-15-30(16-14-28)24(33)26-23-25-21(18-34-23)17-22(32)29-11-9-27(10-12-29)8-7-20-5-3-2-4-6-20/h2-6,18H,7-17H2,1H3,(H,25,26,33). The van der Waals surface area contributed by atoms with Crippen molar-refractivity contribution in [2.24, 2.45) is 0 Å². The van der Waals surface area contributed by atoms with Gasteiger partial charge in [-0.05, 0) is 12.0 Å². The molecule has 0 radical (unpaired) electrons. The van der Waals surface area contributed by atoms with Gasteiger partial charge in [-0.2, -0.15) is 0 Å². The molecule has 10 heteroatoms. The number of amides is 4. The minimum Gasteiger partial charge on any atom is -0.340 e. The molecule has 2 fully saturated rings. The van der Waals surface area contributed by atoms with Gasteiger partial charge in [-0.25, -0.2) is 9.78 Å². The molecule has 1 aromatic heterocycles. The van der Waals surface area contributed by atoms with Crippen LogP contribution in [0.2, 0.25) is 0 Å². The van der Waals surface area contributed by atoms with Crippen molar-refractivity contribution < 1.29 is 14.4 Å². The summed E-state index contributed by atoms with van der Waals surface area (Å²) in [6.45, 7) is 7.85. The van der Waals surface area contributed by atoms with E-state index in [-0.39, 0.29) is 24.3 Å². The molecular formula is C24H32N6O3S. The number of carbonyl (C=O) groups is 3. The lowest BCUT2D eigenvalue weighted by Gasteiger charge is -2.34. The molecule has 1 N–H and O–H groups in total. The molecule has 0 bridgehead atoms. The van der Waals surface area contributed by atoms with Crippen LogP contribution in [0.15, 0.2) is 35.7 Å². The molecule has 0 saturated carbocycles. The molecule has 1 aromatic carbocycles. The first-order valence-electron chi connectivity index (χ1n) is 11.8. The van der Waals surface area contributed by atoms with Gasteiger partial charge >= 0.3 is 6.03 Å². The van der Waals surface area contributed by atoms with E-state index in [4.69, 9.17) is 0 Å². The van der Waals surface area contributed by atoms with E-state index in [2.05, 4.69) is 39.5 Å². The zero-order valence-corrected chi connectivity index (χ0v) is 20.4. The van der Waals surface area contributed by atoms with Crippen molar-refractivity contribution in [3.8, 4) is 0 Å². The smallest absolute Gasteiger partial charge is 0.323 e. The number of anilines is 1. The van der Waals surface area contributed by atoms with Crippen LogP contribution < -0.4 is 5.32 Å². The first-order chi connectivity index (χ1) is 16.5. The highest BCUT2D eigenvalue weighted by Crippen LogP contribution is 2.18. The summed E-state index contributed by atoms with van der Waals surface area (Å²) < 4.78 is 0. The maximum atomic E-state index is 12.8. The van der Waals surface area contributed by atoms with Gasteiger partial charge in [0.2, 0.25) is 11.8 Å². The van der Waals surface area contributed by atoms with E-state index < -0.39 is 0 Å². The molecule has 3 heterocycles. The van der Waals surface area contributed by atoms with Crippen LogP contribution in [-0.2, 0) is 22.4 Å². The zero-order chi connectivity index (χ0) is 23.9. The predicted octanol–water partition coefficient (Wildman–Crippen LogP) is 1.77. The third-order valence-corrected chi connectivity index (χ3v) is 7.20. The van der Waals surface area contributed by atoms with Crippen LogP contribution in [0.5, 0.6) is 0 Å². The lowest BCUT2D eigenvalue weighted by atomic mass is 10.1. The van der Waals surface area contributed by atoms with E-state index in [1.807, 2.05) is 16.3 Å². The molecule has 0 aliphatic carbocycles. The monoisotopic (exact) mass is 484 g/mol. The quantitative estimate of drug-likeness (QED) is 0.675. The van der Waals surface area contributed by atoms with Crippen LogP contribution in [0.25, 0.3) is 0 Å². The summed E-state index contributed by atoms with van der Waals surface area (Å²) in [7, 11) is 0. The fourth-order valence-corrected chi connectivity index (χ4v) is 4.96. The number of benzene rings is 1. The van der Waals surface area contributed by atoms with Gasteiger partial charge in [-0.3, -0.25) is 19.8 Å². The van der Waals surface area contributed by atoms with Crippen LogP contribution in [0.3, 0.4) is 0 Å². The van der Waals surface area contributed by atoms with E-state index in [9.17, 15) is 14.4 Å². The number of hydrogen-bond donors (Lipinski definition) is 1. The second-order valence-corrected chi connectivity index (χ2v) is 9.56. The van der Waals surface area contributed by atoms with Gasteiger partial charge < -0.3 is 14.7 Å². The first-order valence-corrected chi connectivity index (χ1v) is 12.7. The van der Waals surface area contributed by atoms with Crippen molar-refractivity contribution in [1.29, 1.82) is 0 Å². The Kier molecular flexibility index (Phi) is 8.12. The molecule has 182 valence electrons. The van der Waals surface area contributed by atoms with Gasteiger partial charge in [-0.1, -0.05) is 30.3 Å². The molecule has 2 aliphatic heterocycles. The third-order valence-electron chi connectivity index (χ3n) is 6.39. The molecule has 0 atom stereocenters. The minimum atomic E-state index is -0.220. The van der Waals surface area contributed by atoms with Crippen LogP contribution in [0.1, 0.15) is 18.2 Å². The van der Waals surface area contributed by atoms with E-state index >= 15 is 0 Å². The van der Waals surface area contributed by atoms with Gasteiger partial charge in [0.05, 0.1) is 12.1 Å². The molecule has 4 amide bonds. The molecule has 2 saturated heterocycles. The molecule has 9 nitrogen and oxygen atoms in total. The highest BCUT2D eigenvalue weighted by atomic mass is 32.1.